The fourth-order valence-electron chi connectivity index (χ4n) is 1.89. The van der Waals surface area contributed by atoms with Gasteiger partial charge in [-0.1, -0.05) is 32.9 Å². The van der Waals surface area contributed by atoms with Crippen LogP contribution in [0.2, 0.25) is 0 Å². The first-order chi connectivity index (χ1) is 9.10. The van der Waals surface area contributed by atoms with Crippen molar-refractivity contribution >= 4 is 10.0 Å². The summed E-state index contributed by atoms with van der Waals surface area (Å²) in [5.41, 5.74) is 1.36. The first-order valence-corrected chi connectivity index (χ1v) is 8.32. The molecule has 1 aromatic carbocycles. The number of sulfonamides is 1. The van der Waals surface area contributed by atoms with Crippen molar-refractivity contribution in [3.63, 3.8) is 0 Å². The van der Waals surface area contributed by atoms with Gasteiger partial charge in [0, 0.05) is 13.1 Å². The molecule has 0 atom stereocenters. The van der Waals surface area contributed by atoms with Gasteiger partial charge in [0.2, 0.25) is 10.0 Å². The van der Waals surface area contributed by atoms with Crippen molar-refractivity contribution in [2.24, 2.45) is 5.41 Å². The number of hydrogen-bond acceptors (Lipinski definition) is 3. The normalized spacial score (nSPS) is 12.9. The number of nitrogens with zero attached hydrogens (tertiary/aromatic N) is 1. The minimum absolute atomic E-state index is 0.199. The summed E-state index contributed by atoms with van der Waals surface area (Å²) in [4.78, 5) is 2.27. The molecule has 114 valence electrons. The standard InChI is InChI=1S/C15H26N2O2S/c1-15(2,3)12-13-6-8-14(9-7-13)20(18,19)16-10-11-17(4)5/h6-9,16H,10-12H2,1-5H3. The average molecular weight is 298 g/mol. The monoisotopic (exact) mass is 298 g/mol. The molecule has 0 fully saturated rings. The van der Waals surface area contributed by atoms with Gasteiger partial charge in [0.05, 0.1) is 4.90 Å². The molecule has 0 saturated heterocycles. The minimum Gasteiger partial charge on any atom is -0.308 e. The Hall–Kier alpha value is -0.910. The van der Waals surface area contributed by atoms with Crippen molar-refractivity contribution in [1.29, 1.82) is 0 Å². The van der Waals surface area contributed by atoms with Crippen molar-refractivity contribution < 1.29 is 8.42 Å². The Bertz CT molecular complexity index is 514. The molecule has 0 amide bonds. The van der Waals surface area contributed by atoms with E-state index in [2.05, 4.69) is 25.5 Å². The van der Waals surface area contributed by atoms with Crippen LogP contribution in [0, 0.1) is 5.41 Å². The quantitative estimate of drug-likeness (QED) is 0.875. The highest BCUT2D eigenvalue weighted by Crippen LogP contribution is 2.21. The molecule has 0 aromatic heterocycles. The summed E-state index contributed by atoms with van der Waals surface area (Å²) >= 11 is 0. The summed E-state index contributed by atoms with van der Waals surface area (Å²) in [7, 11) is 0.432. The first-order valence-electron chi connectivity index (χ1n) is 6.83. The summed E-state index contributed by atoms with van der Waals surface area (Å²) in [6.45, 7) is 7.60. The molecule has 0 heterocycles. The topological polar surface area (TPSA) is 49.4 Å². The van der Waals surface area contributed by atoms with E-state index in [-0.39, 0.29) is 5.41 Å². The van der Waals surface area contributed by atoms with Crippen LogP contribution in [0.25, 0.3) is 0 Å². The molecule has 0 aliphatic carbocycles. The predicted octanol–water partition coefficient (Wildman–Crippen LogP) is 2.12. The zero-order chi connectivity index (χ0) is 15.4. The van der Waals surface area contributed by atoms with Crippen LogP contribution in [0.5, 0.6) is 0 Å². The summed E-state index contributed by atoms with van der Waals surface area (Å²) in [6.07, 6.45) is 0.932. The van der Waals surface area contributed by atoms with Crippen molar-refractivity contribution in [3.8, 4) is 0 Å². The largest absolute Gasteiger partial charge is 0.308 e. The van der Waals surface area contributed by atoms with Gasteiger partial charge in [0.25, 0.3) is 0 Å². The van der Waals surface area contributed by atoms with Crippen molar-refractivity contribution in [2.75, 3.05) is 27.2 Å². The maximum absolute atomic E-state index is 12.1. The van der Waals surface area contributed by atoms with Crippen LogP contribution in [0.15, 0.2) is 29.2 Å². The Morgan fingerprint density at radius 2 is 1.65 bits per heavy atom. The van der Waals surface area contributed by atoms with Crippen LogP contribution in [-0.4, -0.2) is 40.5 Å². The van der Waals surface area contributed by atoms with E-state index in [9.17, 15) is 8.42 Å². The lowest BCUT2D eigenvalue weighted by Gasteiger charge is -2.18. The van der Waals surface area contributed by atoms with Crippen LogP contribution in [-0.2, 0) is 16.4 Å². The molecule has 20 heavy (non-hydrogen) atoms. The Morgan fingerprint density at radius 1 is 1.10 bits per heavy atom. The second-order valence-electron chi connectivity index (χ2n) is 6.58. The summed E-state index contributed by atoms with van der Waals surface area (Å²) in [5.74, 6) is 0. The van der Waals surface area contributed by atoms with Gasteiger partial charge in [-0.15, -0.1) is 0 Å². The smallest absolute Gasteiger partial charge is 0.240 e. The third-order valence-electron chi connectivity index (χ3n) is 2.82. The summed E-state index contributed by atoms with van der Waals surface area (Å²) in [6, 6.07) is 7.15. The van der Waals surface area contributed by atoms with Gasteiger partial charge < -0.3 is 4.90 Å². The SMILES string of the molecule is CN(C)CCNS(=O)(=O)c1ccc(CC(C)(C)C)cc1. The average Bonchev–Trinajstić information content (AvgIpc) is 2.26. The maximum atomic E-state index is 12.1. The zero-order valence-corrected chi connectivity index (χ0v) is 13.9. The van der Waals surface area contributed by atoms with Crippen LogP contribution < -0.4 is 4.72 Å². The zero-order valence-electron chi connectivity index (χ0n) is 13.1. The summed E-state index contributed by atoms with van der Waals surface area (Å²) < 4.78 is 26.8. The molecule has 0 radical (unpaired) electrons. The molecule has 1 aromatic rings. The first kappa shape index (κ1) is 17.1. The van der Waals surface area contributed by atoms with Gasteiger partial charge in [-0.25, -0.2) is 13.1 Å². The van der Waals surface area contributed by atoms with Crippen molar-refractivity contribution in [3.05, 3.63) is 29.8 Å². The lowest BCUT2D eigenvalue weighted by atomic mass is 9.88. The van der Waals surface area contributed by atoms with Gasteiger partial charge in [0.15, 0.2) is 0 Å². The molecule has 0 bridgehead atoms. The number of rotatable bonds is 6. The fourth-order valence-corrected chi connectivity index (χ4v) is 2.91. The van der Waals surface area contributed by atoms with E-state index in [4.69, 9.17) is 0 Å². The van der Waals surface area contributed by atoms with Gasteiger partial charge >= 0.3 is 0 Å². The molecule has 1 N–H and O–H groups in total. The lowest BCUT2D eigenvalue weighted by Crippen LogP contribution is -2.31. The Labute approximate surface area is 123 Å². The third kappa shape index (κ3) is 6.03. The number of nitrogens with one attached hydrogen (secondary N) is 1. The van der Waals surface area contributed by atoms with Crippen molar-refractivity contribution in [1.82, 2.24) is 9.62 Å². The number of likely N-dealkylation sites (N-methyl/N-ethyl adjacent to an activating group) is 1. The molecule has 0 spiro atoms. The molecule has 0 saturated carbocycles. The Balaban J connectivity index is 2.72. The molecule has 5 heteroatoms. The van der Waals surface area contributed by atoms with Crippen LogP contribution in [0.4, 0.5) is 0 Å². The van der Waals surface area contributed by atoms with Gasteiger partial charge in [-0.3, -0.25) is 0 Å². The molecule has 0 aliphatic heterocycles. The maximum Gasteiger partial charge on any atom is 0.240 e. The van der Waals surface area contributed by atoms with E-state index in [1.54, 1.807) is 12.1 Å². The molecule has 0 aliphatic rings. The minimum atomic E-state index is -3.39. The van der Waals surface area contributed by atoms with Gasteiger partial charge in [-0.05, 0) is 43.6 Å². The second kappa shape index (κ2) is 6.70. The molecule has 1 rings (SSSR count). The van der Waals surface area contributed by atoms with E-state index in [1.165, 1.54) is 0 Å². The molecule has 4 nitrogen and oxygen atoms in total. The highest BCUT2D eigenvalue weighted by molar-refractivity contribution is 7.89. The van der Waals surface area contributed by atoms with E-state index in [0.717, 1.165) is 12.0 Å². The number of hydrogen-bond donors (Lipinski definition) is 1. The van der Waals surface area contributed by atoms with E-state index < -0.39 is 10.0 Å². The lowest BCUT2D eigenvalue weighted by molar-refractivity contribution is 0.411. The third-order valence-corrected chi connectivity index (χ3v) is 4.30. The van der Waals surface area contributed by atoms with Crippen molar-refractivity contribution in [2.45, 2.75) is 32.1 Å². The molecular weight excluding hydrogens is 272 g/mol. The Morgan fingerprint density at radius 3 is 2.10 bits per heavy atom. The van der Waals surface area contributed by atoms with Crippen LogP contribution in [0.3, 0.4) is 0 Å². The summed E-state index contributed by atoms with van der Waals surface area (Å²) in [5, 5.41) is 0. The molecule has 0 unspecified atom stereocenters. The van der Waals surface area contributed by atoms with E-state index in [0.29, 0.717) is 18.0 Å². The number of benzene rings is 1. The van der Waals surface area contributed by atoms with Crippen LogP contribution in [0.1, 0.15) is 26.3 Å². The van der Waals surface area contributed by atoms with Gasteiger partial charge in [-0.2, -0.15) is 0 Å². The highest BCUT2D eigenvalue weighted by Gasteiger charge is 2.15. The Kier molecular flexibility index (Phi) is 5.74. The van der Waals surface area contributed by atoms with Crippen LogP contribution >= 0.6 is 0 Å². The van der Waals surface area contributed by atoms with E-state index in [1.807, 2.05) is 31.1 Å². The second-order valence-corrected chi connectivity index (χ2v) is 8.35. The molecular formula is C15H26N2O2S. The fraction of sp³-hybridized carbons (Fsp3) is 0.600. The van der Waals surface area contributed by atoms with Gasteiger partial charge in [0.1, 0.15) is 0 Å². The van der Waals surface area contributed by atoms with E-state index >= 15 is 0 Å². The predicted molar refractivity (Wildman–Crippen MR) is 83.3 cm³/mol. The highest BCUT2D eigenvalue weighted by atomic mass is 32.2.